The molecule has 0 saturated heterocycles. The maximum absolute atomic E-state index is 12.3. The summed E-state index contributed by atoms with van der Waals surface area (Å²) >= 11 is 0. The van der Waals surface area contributed by atoms with Crippen LogP contribution in [0.5, 0.6) is 5.88 Å². The number of nitrogens with one attached hydrogen (secondary N) is 1. The molecular weight excluding hydrogens is 361 g/mol. The van der Waals surface area contributed by atoms with E-state index in [4.69, 9.17) is 0 Å². The van der Waals surface area contributed by atoms with E-state index in [1.54, 1.807) is 35.1 Å². The molecule has 0 radical (unpaired) electrons. The van der Waals surface area contributed by atoms with E-state index in [1.807, 2.05) is 13.0 Å². The van der Waals surface area contributed by atoms with E-state index in [0.29, 0.717) is 11.3 Å². The summed E-state index contributed by atoms with van der Waals surface area (Å²) in [6, 6.07) is 11.4. The van der Waals surface area contributed by atoms with Crippen molar-refractivity contribution in [1.82, 2.24) is 14.8 Å². The fraction of sp³-hybridized carbons (Fsp3) is 0.167. The maximum atomic E-state index is 12.3. The summed E-state index contributed by atoms with van der Waals surface area (Å²) in [4.78, 5) is 16.0. The second-order valence-electron chi connectivity index (χ2n) is 5.67. The molecule has 1 amide bonds. The van der Waals surface area contributed by atoms with Gasteiger partial charge in [0.2, 0.25) is 5.88 Å². The first-order valence-electron chi connectivity index (χ1n) is 7.90. The van der Waals surface area contributed by atoms with Crippen molar-refractivity contribution in [2.24, 2.45) is 0 Å². The van der Waals surface area contributed by atoms with Gasteiger partial charge < -0.3 is 10.1 Å². The van der Waals surface area contributed by atoms with Gasteiger partial charge in [-0.3, -0.25) is 4.79 Å². The highest BCUT2D eigenvalue weighted by atomic mass is 19.4. The van der Waals surface area contributed by atoms with Gasteiger partial charge in [-0.2, -0.15) is 18.3 Å². The molecule has 9 heteroatoms. The van der Waals surface area contributed by atoms with Crippen molar-refractivity contribution in [3.63, 3.8) is 0 Å². The monoisotopic (exact) mass is 376 g/mol. The summed E-state index contributed by atoms with van der Waals surface area (Å²) < 4.78 is 42.6. The lowest BCUT2D eigenvalue weighted by atomic mass is 10.2. The molecule has 3 rings (SSSR count). The lowest BCUT2D eigenvalue weighted by Gasteiger charge is -2.09. The van der Waals surface area contributed by atoms with Crippen LogP contribution in [0.4, 0.5) is 18.9 Å². The number of amides is 1. The zero-order valence-corrected chi connectivity index (χ0v) is 14.2. The van der Waals surface area contributed by atoms with Crippen LogP contribution in [0.1, 0.15) is 16.1 Å². The number of alkyl halides is 3. The Morgan fingerprint density at radius 3 is 2.44 bits per heavy atom. The minimum atomic E-state index is -4.44. The number of aryl methyl sites for hydroxylation is 1. The van der Waals surface area contributed by atoms with Crippen molar-refractivity contribution >= 4 is 11.6 Å². The Labute approximate surface area is 152 Å². The van der Waals surface area contributed by atoms with Crippen molar-refractivity contribution in [3.8, 4) is 11.6 Å². The van der Waals surface area contributed by atoms with Crippen LogP contribution in [0.3, 0.4) is 0 Å². The number of anilines is 1. The zero-order valence-electron chi connectivity index (χ0n) is 14.2. The first-order chi connectivity index (χ1) is 12.8. The minimum Gasteiger partial charge on any atom is -0.468 e. The summed E-state index contributed by atoms with van der Waals surface area (Å²) in [5.41, 5.74) is 2.54. The van der Waals surface area contributed by atoms with Crippen LogP contribution in [0, 0.1) is 6.92 Å². The van der Waals surface area contributed by atoms with Crippen molar-refractivity contribution in [2.75, 3.05) is 11.9 Å². The second-order valence-corrected chi connectivity index (χ2v) is 5.67. The first-order valence-corrected chi connectivity index (χ1v) is 7.90. The van der Waals surface area contributed by atoms with Crippen molar-refractivity contribution in [2.45, 2.75) is 13.1 Å². The quantitative estimate of drug-likeness (QED) is 0.736. The van der Waals surface area contributed by atoms with Crippen LogP contribution in [0.15, 0.2) is 54.9 Å². The summed E-state index contributed by atoms with van der Waals surface area (Å²) in [5, 5.41) is 6.81. The van der Waals surface area contributed by atoms with Crippen LogP contribution in [-0.4, -0.2) is 33.5 Å². The van der Waals surface area contributed by atoms with Crippen molar-refractivity contribution in [1.29, 1.82) is 0 Å². The number of ether oxygens (including phenoxy) is 1. The van der Waals surface area contributed by atoms with Crippen LogP contribution in [-0.2, 0) is 0 Å². The van der Waals surface area contributed by atoms with Crippen LogP contribution in [0.25, 0.3) is 5.69 Å². The second kappa shape index (κ2) is 7.48. The standard InChI is InChI=1S/C18H15F3N4O2/c1-12-8-9-23-25(12)15-5-2-13(3-6-15)17(26)24-14-4-7-16(22-10-14)27-11-18(19,20)21/h2-10H,11H2,1H3,(H,24,26). The highest BCUT2D eigenvalue weighted by Crippen LogP contribution is 2.18. The number of aromatic nitrogens is 3. The Bertz CT molecular complexity index is 919. The maximum Gasteiger partial charge on any atom is 0.422 e. The van der Waals surface area contributed by atoms with Crippen LogP contribution >= 0.6 is 0 Å². The van der Waals surface area contributed by atoms with Gasteiger partial charge in [-0.25, -0.2) is 9.67 Å². The van der Waals surface area contributed by atoms with E-state index < -0.39 is 12.8 Å². The van der Waals surface area contributed by atoms with Gasteiger partial charge in [0.1, 0.15) is 0 Å². The van der Waals surface area contributed by atoms with Crippen molar-refractivity contribution in [3.05, 3.63) is 66.1 Å². The average Bonchev–Trinajstić information content (AvgIpc) is 3.06. The number of hydrogen-bond donors (Lipinski definition) is 1. The largest absolute Gasteiger partial charge is 0.468 e. The molecule has 1 N–H and O–H groups in total. The van der Waals surface area contributed by atoms with E-state index in [2.05, 4.69) is 20.1 Å². The molecule has 140 valence electrons. The van der Waals surface area contributed by atoms with E-state index in [1.165, 1.54) is 18.3 Å². The third-order valence-electron chi connectivity index (χ3n) is 3.58. The highest BCUT2D eigenvalue weighted by Gasteiger charge is 2.28. The number of halogens is 3. The van der Waals surface area contributed by atoms with Gasteiger partial charge in [0.15, 0.2) is 6.61 Å². The van der Waals surface area contributed by atoms with Gasteiger partial charge in [0.25, 0.3) is 5.91 Å². The van der Waals surface area contributed by atoms with E-state index in [-0.39, 0.29) is 11.8 Å². The van der Waals surface area contributed by atoms with Gasteiger partial charge in [-0.15, -0.1) is 0 Å². The van der Waals surface area contributed by atoms with Gasteiger partial charge in [-0.1, -0.05) is 0 Å². The lowest BCUT2D eigenvalue weighted by molar-refractivity contribution is -0.154. The smallest absolute Gasteiger partial charge is 0.422 e. The predicted molar refractivity (Wildman–Crippen MR) is 92.0 cm³/mol. The molecule has 0 unspecified atom stereocenters. The molecule has 6 nitrogen and oxygen atoms in total. The fourth-order valence-electron chi connectivity index (χ4n) is 2.29. The molecule has 2 heterocycles. The molecule has 0 aliphatic carbocycles. The molecule has 0 fully saturated rings. The number of benzene rings is 1. The summed E-state index contributed by atoms with van der Waals surface area (Å²) in [5.74, 6) is -0.547. The van der Waals surface area contributed by atoms with Gasteiger partial charge in [0.05, 0.1) is 17.6 Å². The van der Waals surface area contributed by atoms with Crippen LogP contribution < -0.4 is 10.1 Å². The topological polar surface area (TPSA) is 69.0 Å². The molecular formula is C18H15F3N4O2. The molecule has 1 aromatic carbocycles. The molecule has 0 atom stereocenters. The first kappa shape index (κ1) is 18.4. The molecule has 0 saturated carbocycles. The average molecular weight is 376 g/mol. The molecule has 3 aromatic rings. The van der Waals surface area contributed by atoms with Gasteiger partial charge in [-0.05, 0) is 43.3 Å². The van der Waals surface area contributed by atoms with E-state index in [9.17, 15) is 18.0 Å². The predicted octanol–water partition coefficient (Wildman–Crippen LogP) is 3.77. The fourth-order valence-corrected chi connectivity index (χ4v) is 2.29. The van der Waals surface area contributed by atoms with Gasteiger partial charge in [0, 0.05) is 23.5 Å². The number of carbonyl (C=O) groups is 1. The Hall–Kier alpha value is -3.36. The van der Waals surface area contributed by atoms with E-state index in [0.717, 1.165) is 11.4 Å². The Morgan fingerprint density at radius 1 is 1.15 bits per heavy atom. The summed E-state index contributed by atoms with van der Waals surface area (Å²) in [6.07, 6.45) is -1.52. The summed E-state index contributed by atoms with van der Waals surface area (Å²) in [7, 11) is 0. The Balaban J connectivity index is 1.62. The minimum absolute atomic E-state index is 0.177. The zero-order chi connectivity index (χ0) is 19.4. The molecule has 27 heavy (non-hydrogen) atoms. The Morgan fingerprint density at radius 2 is 1.89 bits per heavy atom. The molecule has 0 spiro atoms. The van der Waals surface area contributed by atoms with Crippen molar-refractivity contribution < 1.29 is 22.7 Å². The number of hydrogen-bond acceptors (Lipinski definition) is 4. The lowest BCUT2D eigenvalue weighted by Crippen LogP contribution is -2.19. The third-order valence-corrected chi connectivity index (χ3v) is 3.58. The molecule has 0 aliphatic heterocycles. The number of nitrogens with zero attached hydrogens (tertiary/aromatic N) is 3. The normalized spacial score (nSPS) is 11.3. The summed E-state index contributed by atoms with van der Waals surface area (Å²) in [6.45, 7) is 0.497. The molecule has 0 aliphatic rings. The Kier molecular flexibility index (Phi) is 5.11. The van der Waals surface area contributed by atoms with E-state index >= 15 is 0 Å². The molecule has 2 aromatic heterocycles. The molecule has 0 bridgehead atoms. The number of rotatable bonds is 5. The van der Waals surface area contributed by atoms with Crippen LogP contribution in [0.2, 0.25) is 0 Å². The van der Waals surface area contributed by atoms with Gasteiger partial charge >= 0.3 is 6.18 Å². The third kappa shape index (κ3) is 4.84. The number of pyridine rings is 1. The highest BCUT2D eigenvalue weighted by molar-refractivity contribution is 6.04. The SMILES string of the molecule is Cc1ccnn1-c1ccc(C(=O)Nc2ccc(OCC(F)(F)F)nc2)cc1. The number of carbonyl (C=O) groups excluding carboxylic acids is 1.